The monoisotopic (exact) mass is 572 g/mol. The molecule has 41 heavy (non-hydrogen) atoms. The van der Waals surface area contributed by atoms with Crippen LogP contribution in [0.5, 0.6) is 11.6 Å². The van der Waals surface area contributed by atoms with Gasteiger partial charge in [-0.2, -0.15) is 8.78 Å². The van der Waals surface area contributed by atoms with Crippen LogP contribution in [0.2, 0.25) is 0 Å². The maximum atomic E-state index is 15.8. The summed E-state index contributed by atoms with van der Waals surface area (Å²) in [6.45, 7) is 6.51. The smallest absolute Gasteiger partial charge is 0.295 e. The second-order valence-corrected chi connectivity index (χ2v) is 12.3. The maximum Gasteiger partial charge on any atom is 0.295 e. The Hall–Kier alpha value is -2.85. The summed E-state index contributed by atoms with van der Waals surface area (Å²) in [6.07, 6.45) is 6.92. The molecule has 1 aliphatic heterocycles. The molecule has 1 aromatic carbocycles. The number of nitrogens with two attached hydrogens (primary N) is 1. The molecule has 10 heteroatoms. The van der Waals surface area contributed by atoms with Crippen LogP contribution in [-0.4, -0.2) is 54.9 Å². The van der Waals surface area contributed by atoms with Gasteiger partial charge in [0.05, 0.1) is 43.9 Å². The van der Waals surface area contributed by atoms with E-state index in [0.29, 0.717) is 48.8 Å². The van der Waals surface area contributed by atoms with Gasteiger partial charge in [0.1, 0.15) is 11.9 Å². The van der Waals surface area contributed by atoms with Crippen molar-refractivity contribution in [2.24, 2.45) is 28.9 Å². The predicted octanol–water partition coefficient (Wildman–Crippen LogP) is 5.14. The van der Waals surface area contributed by atoms with Crippen molar-refractivity contribution in [3.05, 3.63) is 36.5 Å². The number of unbranched alkanes of at least 4 members (excludes halogenated alkanes) is 1. The van der Waals surface area contributed by atoms with Crippen molar-refractivity contribution in [1.29, 1.82) is 0 Å². The summed E-state index contributed by atoms with van der Waals surface area (Å²) < 4.78 is 48.1. The molecule has 5 rings (SSSR count). The molecule has 0 bridgehead atoms. The molecule has 8 nitrogen and oxygen atoms in total. The van der Waals surface area contributed by atoms with Crippen molar-refractivity contribution in [3.63, 3.8) is 0 Å². The highest BCUT2D eigenvalue weighted by Crippen LogP contribution is 2.56. The lowest BCUT2D eigenvalue weighted by molar-refractivity contribution is -0.144. The van der Waals surface area contributed by atoms with E-state index in [2.05, 4.69) is 21.9 Å². The number of hydrogen-bond donors (Lipinski definition) is 2. The predicted molar refractivity (Wildman–Crippen MR) is 152 cm³/mol. The topological polar surface area (TPSA) is 109 Å². The fourth-order valence-electron chi connectivity index (χ4n) is 6.28. The Morgan fingerprint density at radius 2 is 2.10 bits per heavy atom. The quantitative estimate of drug-likeness (QED) is 0.225. The molecular weight excluding hydrogens is 530 g/mol. The van der Waals surface area contributed by atoms with Gasteiger partial charge in [-0.1, -0.05) is 25.8 Å². The van der Waals surface area contributed by atoms with Gasteiger partial charge in [0, 0.05) is 24.3 Å². The van der Waals surface area contributed by atoms with Gasteiger partial charge in [-0.3, -0.25) is 4.79 Å². The highest BCUT2D eigenvalue weighted by molar-refractivity contribution is 5.82. The number of nitrogens with zero attached hydrogens (tertiary/aromatic N) is 2. The molecule has 2 saturated carbocycles. The second kappa shape index (κ2) is 12.2. The first kappa shape index (κ1) is 29.6. The minimum atomic E-state index is -3.24. The van der Waals surface area contributed by atoms with Gasteiger partial charge in [-0.05, 0) is 55.6 Å². The summed E-state index contributed by atoms with van der Waals surface area (Å²) in [5, 5.41) is 2.80. The first-order valence-corrected chi connectivity index (χ1v) is 14.8. The Balaban J connectivity index is 1.31. The zero-order valence-corrected chi connectivity index (χ0v) is 24.0. The zero-order valence-electron chi connectivity index (χ0n) is 24.0. The van der Waals surface area contributed by atoms with Crippen LogP contribution >= 0.6 is 0 Å². The minimum Gasteiger partial charge on any atom is -0.497 e. The zero-order chi connectivity index (χ0) is 29.2. The van der Waals surface area contributed by atoms with E-state index in [1.54, 1.807) is 24.3 Å². The average Bonchev–Trinajstić information content (AvgIpc) is 3.62. The molecule has 0 radical (unpaired) electrons. The molecule has 1 saturated heterocycles. The summed E-state index contributed by atoms with van der Waals surface area (Å²) in [6, 6.07) is 4.15. The van der Waals surface area contributed by atoms with Crippen molar-refractivity contribution in [1.82, 2.24) is 15.3 Å². The molecule has 2 aliphatic carbocycles. The standard InChI is InChI=1S/C31H42F2N4O4/c1-4-7-22(16-35-28(38)26(34)30(2)17-40-18-30)41-29-27(36-24-12-11-21(39-3)15-25(24)37-29)31(32,33)13-6-5-8-19-9-10-20-14-23(19)20/h4,11-12,15,19-20,22-23,26H,1,5-10,13-14,16-18,34H2,2-3H3,(H,35,38)/t19-,20?,22+,23?,26+/m0/s1. The molecule has 1 amide bonds. The number of ether oxygens (including phenoxy) is 3. The van der Waals surface area contributed by atoms with E-state index in [1.165, 1.54) is 26.4 Å². The highest BCUT2D eigenvalue weighted by Gasteiger charge is 2.47. The number of alkyl halides is 2. The van der Waals surface area contributed by atoms with Crippen LogP contribution in [-0.2, 0) is 15.5 Å². The highest BCUT2D eigenvalue weighted by atomic mass is 19.3. The number of aromatic nitrogens is 2. The van der Waals surface area contributed by atoms with Gasteiger partial charge in [0.15, 0.2) is 5.69 Å². The van der Waals surface area contributed by atoms with Crippen LogP contribution in [0, 0.1) is 23.2 Å². The fourth-order valence-corrected chi connectivity index (χ4v) is 6.28. The Morgan fingerprint density at radius 1 is 1.29 bits per heavy atom. The van der Waals surface area contributed by atoms with Gasteiger partial charge in [-0.25, -0.2) is 9.97 Å². The summed E-state index contributed by atoms with van der Waals surface area (Å²) >= 11 is 0. The molecule has 3 N–H and O–H groups in total. The summed E-state index contributed by atoms with van der Waals surface area (Å²) in [7, 11) is 1.52. The molecule has 1 aromatic heterocycles. The number of rotatable bonds is 15. The molecule has 5 atom stereocenters. The molecule has 2 aromatic rings. The second-order valence-electron chi connectivity index (χ2n) is 12.3. The number of carbonyl (C=O) groups excluding carboxylic acids is 1. The summed E-state index contributed by atoms with van der Waals surface area (Å²) in [5.74, 6) is -0.889. The largest absolute Gasteiger partial charge is 0.497 e. The van der Waals surface area contributed by atoms with Gasteiger partial charge >= 0.3 is 0 Å². The number of fused-ring (bicyclic) bond motifs is 2. The lowest BCUT2D eigenvalue weighted by Gasteiger charge is -2.41. The van der Waals surface area contributed by atoms with Crippen LogP contribution in [0.1, 0.15) is 64.0 Å². The average molecular weight is 573 g/mol. The van der Waals surface area contributed by atoms with Gasteiger partial charge in [0.2, 0.25) is 11.8 Å². The first-order valence-electron chi connectivity index (χ1n) is 14.8. The maximum absolute atomic E-state index is 15.8. The van der Waals surface area contributed by atoms with Crippen LogP contribution in [0.25, 0.3) is 11.0 Å². The van der Waals surface area contributed by atoms with Gasteiger partial charge in [-0.15, -0.1) is 6.58 Å². The first-order chi connectivity index (χ1) is 19.6. The Morgan fingerprint density at radius 3 is 2.73 bits per heavy atom. The van der Waals surface area contributed by atoms with Crippen LogP contribution in [0.4, 0.5) is 8.78 Å². The summed E-state index contributed by atoms with van der Waals surface area (Å²) in [5.41, 5.74) is 5.94. The Kier molecular flexibility index (Phi) is 8.80. The third kappa shape index (κ3) is 6.64. The lowest BCUT2D eigenvalue weighted by Crippen LogP contribution is -2.60. The van der Waals surface area contributed by atoms with E-state index >= 15 is 8.78 Å². The Bertz CT molecular complexity index is 1250. The number of nitrogens with one attached hydrogen (secondary N) is 1. The molecule has 224 valence electrons. The lowest BCUT2D eigenvalue weighted by atomic mass is 9.80. The molecule has 3 aliphatic rings. The van der Waals surface area contributed by atoms with E-state index in [1.807, 2.05) is 6.92 Å². The van der Waals surface area contributed by atoms with E-state index in [-0.39, 0.29) is 24.8 Å². The molecule has 2 unspecified atom stereocenters. The molecular formula is C31H42F2N4O4. The van der Waals surface area contributed by atoms with Crippen molar-refractivity contribution < 1.29 is 27.8 Å². The summed E-state index contributed by atoms with van der Waals surface area (Å²) in [4.78, 5) is 21.6. The van der Waals surface area contributed by atoms with Crippen molar-refractivity contribution in [3.8, 4) is 11.6 Å². The number of methoxy groups -OCH3 is 1. The van der Waals surface area contributed by atoms with E-state index in [0.717, 1.165) is 24.7 Å². The fraction of sp³-hybridized carbons (Fsp3) is 0.645. The van der Waals surface area contributed by atoms with Crippen molar-refractivity contribution in [2.75, 3.05) is 26.9 Å². The third-order valence-corrected chi connectivity index (χ3v) is 9.10. The number of benzene rings is 1. The van der Waals surface area contributed by atoms with E-state index in [4.69, 9.17) is 19.9 Å². The molecule has 0 spiro atoms. The number of halogens is 2. The molecule has 3 fully saturated rings. The van der Waals surface area contributed by atoms with E-state index in [9.17, 15) is 4.79 Å². The van der Waals surface area contributed by atoms with Gasteiger partial charge in [0.25, 0.3) is 5.92 Å². The van der Waals surface area contributed by atoms with Crippen molar-refractivity contribution >= 4 is 16.9 Å². The van der Waals surface area contributed by atoms with Gasteiger partial charge < -0.3 is 25.3 Å². The normalized spacial score (nSPS) is 24.2. The number of hydrogen-bond acceptors (Lipinski definition) is 7. The minimum absolute atomic E-state index is 0.0435. The van der Waals surface area contributed by atoms with Crippen LogP contribution in [0.15, 0.2) is 30.9 Å². The number of carbonyl (C=O) groups is 1. The number of amides is 1. The Labute approximate surface area is 240 Å². The SMILES string of the molecule is C=CC[C@H](CNC(=O)[C@@H](N)C1(C)COC1)Oc1nc2cc(OC)ccc2nc1C(F)(F)CCCC[C@H]1CCC2CC21. The van der Waals surface area contributed by atoms with Crippen molar-refractivity contribution in [2.45, 2.75) is 76.4 Å². The van der Waals surface area contributed by atoms with E-state index < -0.39 is 29.2 Å². The van der Waals surface area contributed by atoms with Crippen LogP contribution < -0.4 is 20.5 Å². The van der Waals surface area contributed by atoms with Crippen LogP contribution in [0.3, 0.4) is 0 Å². The third-order valence-electron chi connectivity index (χ3n) is 9.10. The molecule has 2 heterocycles.